The number of hydrogen-bond acceptors (Lipinski definition) is 3. The molecule has 6 heteroatoms. The van der Waals surface area contributed by atoms with Gasteiger partial charge in [0, 0.05) is 25.3 Å². The first-order valence-electron chi connectivity index (χ1n) is 6.11. The van der Waals surface area contributed by atoms with Crippen LogP contribution in [0.1, 0.15) is 34.6 Å². The molecule has 1 aliphatic rings. The minimum atomic E-state index is 0. The van der Waals surface area contributed by atoms with Gasteiger partial charge in [-0.3, -0.25) is 9.48 Å². The van der Waals surface area contributed by atoms with Crippen LogP contribution in [0.5, 0.6) is 0 Å². The van der Waals surface area contributed by atoms with Crippen LogP contribution in [0.15, 0.2) is 0 Å². The van der Waals surface area contributed by atoms with E-state index in [1.165, 1.54) is 0 Å². The van der Waals surface area contributed by atoms with Gasteiger partial charge in [0.1, 0.15) is 0 Å². The van der Waals surface area contributed by atoms with E-state index in [2.05, 4.69) is 15.7 Å². The van der Waals surface area contributed by atoms with E-state index in [0.29, 0.717) is 0 Å². The van der Waals surface area contributed by atoms with Crippen molar-refractivity contribution in [1.29, 1.82) is 0 Å². The Morgan fingerprint density at radius 2 is 2.22 bits per heavy atom. The number of nitrogens with one attached hydrogen (secondary N) is 2. The molecule has 0 aliphatic carbocycles. The zero-order valence-corrected chi connectivity index (χ0v) is 11.9. The maximum atomic E-state index is 12.2. The van der Waals surface area contributed by atoms with Crippen molar-refractivity contribution in [2.75, 3.05) is 13.1 Å². The minimum absolute atomic E-state index is 0. The molecule has 2 heterocycles. The molecule has 102 valence electrons. The summed E-state index contributed by atoms with van der Waals surface area (Å²) in [4.78, 5) is 12.2. The van der Waals surface area contributed by atoms with Crippen LogP contribution in [-0.4, -0.2) is 34.8 Å². The number of carbonyl (C=O) groups excluding carboxylic acids is 1. The summed E-state index contributed by atoms with van der Waals surface area (Å²) >= 11 is 0. The van der Waals surface area contributed by atoms with E-state index in [4.69, 9.17) is 0 Å². The molecule has 2 rings (SSSR count). The first-order chi connectivity index (χ1) is 8.09. The number of nitrogens with zero attached hydrogens (tertiary/aromatic N) is 2. The summed E-state index contributed by atoms with van der Waals surface area (Å²) in [7, 11) is 1.86. The van der Waals surface area contributed by atoms with Crippen LogP contribution < -0.4 is 10.6 Å². The zero-order chi connectivity index (χ0) is 12.4. The highest BCUT2D eigenvalue weighted by Gasteiger charge is 2.21. The molecule has 1 aromatic heterocycles. The monoisotopic (exact) mass is 272 g/mol. The SMILES string of the molecule is Cc1nn(C)c(C)c1C(=O)NC1CCCNC1.Cl. The van der Waals surface area contributed by atoms with Gasteiger partial charge in [-0.15, -0.1) is 12.4 Å². The molecule has 0 bridgehead atoms. The molecule has 1 fully saturated rings. The first-order valence-corrected chi connectivity index (χ1v) is 6.11. The van der Waals surface area contributed by atoms with Crippen LogP contribution in [0.25, 0.3) is 0 Å². The lowest BCUT2D eigenvalue weighted by Gasteiger charge is -2.23. The van der Waals surface area contributed by atoms with E-state index in [9.17, 15) is 4.79 Å². The Kier molecular flexibility index (Phi) is 5.16. The van der Waals surface area contributed by atoms with E-state index < -0.39 is 0 Å². The highest BCUT2D eigenvalue weighted by atomic mass is 35.5. The van der Waals surface area contributed by atoms with E-state index in [0.717, 1.165) is 42.9 Å². The summed E-state index contributed by atoms with van der Waals surface area (Å²) in [5.74, 6) is 0.00167. The van der Waals surface area contributed by atoms with Gasteiger partial charge in [-0.2, -0.15) is 5.10 Å². The topological polar surface area (TPSA) is 59.0 Å². The predicted molar refractivity (Wildman–Crippen MR) is 73.3 cm³/mol. The molecule has 1 atom stereocenters. The van der Waals surface area contributed by atoms with Gasteiger partial charge in [-0.05, 0) is 33.2 Å². The molecule has 1 aliphatic heterocycles. The van der Waals surface area contributed by atoms with Crippen LogP contribution in [0.2, 0.25) is 0 Å². The third-order valence-corrected chi connectivity index (χ3v) is 3.37. The molecule has 1 unspecified atom stereocenters. The van der Waals surface area contributed by atoms with Crippen LogP contribution in [0, 0.1) is 13.8 Å². The van der Waals surface area contributed by atoms with Crippen molar-refractivity contribution in [3.63, 3.8) is 0 Å². The summed E-state index contributed by atoms with van der Waals surface area (Å²) < 4.78 is 1.75. The Morgan fingerprint density at radius 3 is 2.72 bits per heavy atom. The Hall–Kier alpha value is -1.07. The fraction of sp³-hybridized carbons (Fsp3) is 0.667. The van der Waals surface area contributed by atoms with Gasteiger partial charge < -0.3 is 10.6 Å². The van der Waals surface area contributed by atoms with Gasteiger partial charge >= 0.3 is 0 Å². The number of hydrogen-bond donors (Lipinski definition) is 2. The van der Waals surface area contributed by atoms with Crippen molar-refractivity contribution in [3.8, 4) is 0 Å². The molecular formula is C12H21ClN4O. The lowest BCUT2D eigenvalue weighted by Crippen LogP contribution is -2.45. The summed E-state index contributed by atoms with van der Waals surface area (Å²) in [6.07, 6.45) is 2.17. The number of halogens is 1. The van der Waals surface area contributed by atoms with Crippen LogP contribution in [0.3, 0.4) is 0 Å². The summed E-state index contributed by atoms with van der Waals surface area (Å²) in [5.41, 5.74) is 2.44. The number of aromatic nitrogens is 2. The summed E-state index contributed by atoms with van der Waals surface area (Å²) in [6, 6.07) is 0.246. The van der Waals surface area contributed by atoms with E-state index in [1.807, 2.05) is 20.9 Å². The van der Waals surface area contributed by atoms with Gasteiger partial charge in [0.15, 0.2) is 0 Å². The van der Waals surface area contributed by atoms with Crippen molar-refractivity contribution in [3.05, 3.63) is 17.0 Å². The molecule has 0 spiro atoms. The lowest BCUT2D eigenvalue weighted by atomic mass is 10.1. The highest BCUT2D eigenvalue weighted by molar-refractivity contribution is 5.96. The first kappa shape index (κ1) is 15.0. The molecule has 18 heavy (non-hydrogen) atoms. The number of amides is 1. The van der Waals surface area contributed by atoms with Crippen molar-refractivity contribution < 1.29 is 4.79 Å². The van der Waals surface area contributed by atoms with Crippen molar-refractivity contribution in [2.24, 2.45) is 7.05 Å². The molecule has 5 nitrogen and oxygen atoms in total. The molecule has 0 radical (unpaired) electrons. The third-order valence-electron chi connectivity index (χ3n) is 3.37. The van der Waals surface area contributed by atoms with Gasteiger partial charge in [-0.25, -0.2) is 0 Å². The molecule has 1 saturated heterocycles. The van der Waals surface area contributed by atoms with Crippen LogP contribution in [-0.2, 0) is 7.05 Å². The average molecular weight is 273 g/mol. The lowest BCUT2D eigenvalue weighted by molar-refractivity contribution is 0.0929. The normalized spacial score (nSPS) is 19.2. The van der Waals surface area contributed by atoms with E-state index >= 15 is 0 Å². The van der Waals surface area contributed by atoms with Crippen molar-refractivity contribution in [2.45, 2.75) is 32.7 Å². The molecular weight excluding hydrogens is 252 g/mol. The fourth-order valence-corrected chi connectivity index (χ4v) is 2.33. The Labute approximate surface area is 114 Å². The second-order valence-electron chi connectivity index (χ2n) is 4.69. The molecule has 1 amide bonds. The van der Waals surface area contributed by atoms with E-state index in [1.54, 1.807) is 4.68 Å². The summed E-state index contributed by atoms with van der Waals surface area (Å²) in [6.45, 7) is 5.72. The molecule has 0 saturated carbocycles. The second-order valence-corrected chi connectivity index (χ2v) is 4.69. The fourth-order valence-electron chi connectivity index (χ4n) is 2.33. The maximum Gasteiger partial charge on any atom is 0.255 e. The Bertz CT molecular complexity index is 424. The minimum Gasteiger partial charge on any atom is -0.348 e. The quantitative estimate of drug-likeness (QED) is 0.842. The summed E-state index contributed by atoms with van der Waals surface area (Å²) in [5, 5.41) is 10.6. The molecule has 1 aromatic rings. The van der Waals surface area contributed by atoms with Gasteiger partial charge in [0.25, 0.3) is 5.91 Å². The Morgan fingerprint density at radius 1 is 1.50 bits per heavy atom. The molecule has 2 N–H and O–H groups in total. The largest absolute Gasteiger partial charge is 0.348 e. The van der Waals surface area contributed by atoms with Gasteiger partial charge in [0.2, 0.25) is 0 Å². The zero-order valence-electron chi connectivity index (χ0n) is 11.1. The smallest absolute Gasteiger partial charge is 0.255 e. The number of piperidine rings is 1. The van der Waals surface area contributed by atoms with Crippen molar-refractivity contribution in [1.82, 2.24) is 20.4 Å². The van der Waals surface area contributed by atoms with Crippen molar-refractivity contribution >= 4 is 18.3 Å². The number of aryl methyl sites for hydroxylation is 2. The maximum absolute atomic E-state index is 12.2. The second kappa shape index (κ2) is 6.20. The van der Waals surface area contributed by atoms with Gasteiger partial charge in [0.05, 0.1) is 11.3 Å². The third kappa shape index (κ3) is 3.03. The number of rotatable bonds is 2. The molecule has 0 aromatic carbocycles. The van der Waals surface area contributed by atoms with Crippen LogP contribution >= 0.6 is 12.4 Å². The number of carbonyl (C=O) groups is 1. The standard InChI is InChI=1S/C12H20N4O.ClH/c1-8-11(9(2)16(3)15-8)12(17)14-10-5-4-6-13-7-10;/h10,13H,4-7H2,1-3H3,(H,14,17);1H. The Balaban J connectivity index is 0.00000162. The van der Waals surface area contributed by atoms with E-state index in [-0.39, 0.29) is 24.4 Å². The average Bonchev–Trinajstić information content (AvgIpc) is 2.54. The highest BCUT2D eigenvalue weighted by Crippen LogP contribution is 2.12. The van der Waals surface area contributed by atoms with Crippen LogP contribution in [0.4, 0.5) is 0 Å². The van der Waals surface area contributed by atoms with Gasteiger partial charge in [-0.1, -0.05) is 0 Å². The predicted octanol–water partition coefficient (Wildman–Crippen LogP) is 0.941.